The zero-order valence-electron chi connectivity index (χ0n) is 9.12. The molecule has 0 aliphatic rings. The Morgan fingerprint density at radius 3 is 2.74 bits per heavy atom. The standard InChI is InChI=1S/C12H4BrCl2FN2S/c13-7-2-1-5(9(16)8(7)14)10-6-3-4-19-11(6)18-12(15)17-10/h1-4H. The average molecular weight is 378 g/mol. The molecule has 0 fully saturated rings. The summed E-state index contributed by atoms with van der Waals surface area (Å²) in [5.41, 5.74) is 0.754. The number of hydrogen-bond donors (Lipinski definition) is 0. The largest absolute Gasteiger partial charge is 0.224 e. The van der Waals surface area contributed by atoms with Crippen LogP contribution in [0.3, 0.4) is 0 Å². The maximum atomic E-state index is 14.3. The lowest BCUT2D eigenvalue weighted by atomic mass is 10.1. The fourth-order valence-electron chi connectivity index (χ4n) is 1.74. The van der Waals surface area contributed by atoms with Gasteiger partial charge in [-0.1, -0.05) is 11.6 Å². The predicted molar refractivity (Wildman–Crippen MR) is 80.5 cm³/mol. The summed E-state index contributed by atoms with van der Waals surface area (Å²) in [5, 5.41) is 2.73. The number of aromatic nitrogens is 2. The van der Waals surface area contributed by atoms with Crippen LogP contribution in [0, 0.1) is 5.82 Å². The van der Waals surface area contributed by atoms with Gasteiger partial charge >= 0.3 is 0 Å². The Labute approximate surface area is 130 Å². The van der Waals surface area contributed by atoms with Gasteiger partial charge in [0.2, 0.25) is 5.28 Å². The number of fused-ring (bicyclic) bond motifs is 1. The molecular weight excluding hydrogens is 374 g/mol. The summed E-state index contributed by atoms with van der Waals surface area (Å²) in [4.78, 5) is 8.94. The maximum absolute atomic E-state index is 14.3. The molecule has 1 aromatic carbocycles. The van der Waals surface area contributed by atoms with E-state index in [1.807, 2.05) is 11.4 Å². The molecule has 3 rings (SSSR count). The van der Waals surface area contributed by atoms with Crippen LogP contribution in [0.2, 0.25) is 10.3 Å². The smallest absolute Gasteiger partial charge is 0.217 e. The van der Waals surface area contributed by atoms with Crippen molar-refractivity contribution >= 4 is 60.7 Å². The van der Waals surface area contributed by atoms with Crippen molar-refractivity contribution < 1.29 is 4.39 Å². The number of hydrogen-bond acceptors (Lipinski definition) is 3. The molecule has 0 saturated heterocycles. The van der Waals surface area contributed by atoms with Gasteiger partial charge in [0.05, 0.1) is 10.7 Å². The van der Waals surface area contributed by atoms with E-state index in [4.69, 9.17) is 23.2 Å². The van der Waals surface area contributed by atoms with Gasteiger partial charge in [-0.2, -0.15) is 0 Å². The Morgan fingerprint density at radius 1 is 1.16 bits per heavy atom. The third kappa shape index (κ3) is 2.25. The van der Waals surface area contributed by atoms with Gasteiger partial charge in [0, 0.05) is 15.4 Å². The van der Waals surface area contributed by atoms with E-state index in [-0.39, 0.29) is 10.3 Å². The first-order chi connectivity index (χ1) is 9.08. The van der Waals surface area contributed by atoms with Gasteiger partial charge in [0.1, 0.15) is 4.83 Å². The molecule has 0 saturated carbocycles. The molecule has 0 atom stereocenters. The fourth-order valence-corrected chi connectivity index (χ4v) is 3.20. The van der Waals surface area contributed by atoms with Crippen molar-refractivity contribution in [2.24, 2.45) is 0 Å². The maximum Gasteiger partial charge on any atom is 0.224 e. The van der Waals surface area contributed by atoms with Gasteiger partial charge in [-0.15, -0.1) is 11.3 Å². The number of benzene rings is 1. The van der Waals surface area contributed by atoms with E-state index in [0.29, 0.717) is 20.6 Å². The van der Waals surface area contributed by atoms with E-state index < -0.39 is 5.82 Å². The van der Waals surface area contributed by atoms with Crippen molar-refractivity contribution in [2.75, 3.05) is 0 Å². The lowest BCUT2D eigenvalue weighted by Crippen LogP contribution is -1.93. The topological polar surface area (TPSA) is 25.8 Å². The molecular formula is C12H4BrCl2FN2S. The van der Waals surface area contributed by atoms with Crippen LogP contribution < -0.4 is 0 Å². The van der Waals surface area contributed by atoms with E-state index in [0.717, 1.165) is 5.39 Å². The minimum atomic E-state index is -0.529. The first-order valence-electron chi connectivity index (χ1n) is 5.12. The number of nitrogens with zero attached hydrogens (tertiary/aromatic N) is 2. The summed E-state index contributed by atoms with van der Waals surface area (Å²) < 4.78 is 14.7. The van der Waals surface area contributed by atoms with Crippen LogP contribution in [-0.2, 0) is 0 Å². The lowest BCUT2D eigenvalue weighted by molar-refractivity contribution is 0.630. The average Bonchev–Trinajstić information content (AvgIpc) is 2.83. The number of rotatable bonds is 1. The van der Waals surface area contributed by atoms with E-state index in [9.17, 15) is 4.39 Å². The van der Waals surface area contributed by atoms with Crippen LogP contribution in [0.4, 0.5) is 4.39 Å². The second-order valence-corrected chi connectivity index (χ2v) is 6.17. The SMILES string of the molecule is Fc1c(-c2nc(Cl)nc3sccc23)ccc(Br)c1Cl. The molecule has 19 heavy (non-hydrogen) atoms. The van der Waals surface area contributed by atoms with Crippen LogP contribution in [0.25, 0.3) is 21.5 Å². The molecule has 2 nitrogen and oxygen atoms in total. The van der Waals surface area contributed by atoms with Gasteiger partial charge in [0.25, 0.3) is 0 Å². The molecule has 0 bridgehead atoms. The summed E-state index contributed by atoms with van der Waals surface area (Å²) in [7, 11) is 0. The Hall–Kier alpha value is -0.750. The highest BCUT2D eigenvalue weighted by Gasteiger charge is 2.17. The normalized spacial score (nSPS) is 11.2. The zero-order valence-corrected chi connectivity index (χ0v) is 13.0. The van der Waals surface area contributed by atoms with Crippen molar-refractivity contribution in [3.8, 4) is 11.3 Å². The first kappa shape index (κ1) is 13.2. The highest BCUT2D eigenvalue weighted by molar-refractivity contribution is 9.10. The van der Waals surface area contributed by atoms with Crippen LogP contribution in [-0.4, -0.2) is 9.97 Å². The molecule has 3 aromatic rings. The van der Waals surface area contributed by atoms with Crippen molar-refractivity contribution in [3.63, 3.8) is 0 Å². The molecule has 0 aliphatic heterocycles. The zero-order chi connectivity index (χ0) is 13.6. The van der Waals surface area contributed by atoms with E-state index >= 15 is 0 Å². The third-order valence-electron chi connectivity index (χ3n) is 2.59. The van der Waals surface area contributed by atoms with Crippen LogP contribution in [0.5, 0.6) is 0 Å². The minimum Gasteiger partial charge on any atom is -0.217 e. The molecule has 0 amide bonds. The molecule has 0 aliphatic carbocycles. The minimum absolute atomic E-state index is 0.0237. The molecule has 0 radical (unpaired) electrons. The Bertz CT molecular complexity index is 791. The molecule has 2 aromatic heterocycles. The molecule has 2 heterocycles. The van der Waals surface area contributed by atoms with E-state index in [2.05, 4.69) is 25.9 Å². The lowest BCUT2D eigenvalue weighted by Gasteiger charge is -2.07. The van der Waals surface area contributed by atoms with E-state index in [1.54, 1.807) is 12.1 Å². The van der Waals surface area contributed by atoms with Crippen molar-refractivity contribution in [2.45, 2.75) is 0 Å². The second-order valence-electron chi connectivity index (χ2n) is 3.70. The highest BCUT2D eigenvalue weighted by atomic mass is 79.9. The van der Waals surface area contributed by atoms with Crippen molar-refractivity contribution in [1.82, 2.24) is 9.97 Å². The van der Waals surface area contributed by atoms with Gasteiger partial charge in [-0.3, -0.25) is 0 Å². The quantitative estimate of drug-likeness (QED) is 0.409. The number of thiophene rings is 1. The first-order valence-corrected chi connectivity index (χ1v) is 7.55. The highest BCUT2D eigenvalue weighted by Crippen LogP contribution is 2.36. The predicted octanol–water partition coefficient (Wildman–Crippen LogP) is 5.57. The van der Waals surface area contributed by atoms with Gasteiger partial charge in [-0.25, -0.2) is 14.4 Å². The van der Waals surface area contributed by atoms with Gasteiger partial charge in [0.15, 0.2) is 5.82 Å². The molecule has 96 valence electrons. The third-order valence-corrected chi connectivity index (χ3v) is 4.82. The second kappa shape index (κ2) is 4.98. The Balaban J connectivity index is 2.36. The molecule has 0 N–H and O–H groups in total. The van der Waals surface area contributed by atoms with Crippen LogP contribution in [0.15, 0.2) is 28.1 Å². The van der Waals surface area contributed by atoms with Gasteiger partial charge in [-0.05, 0) is 51.1 Å². The fraction of sp³-hybridized carbons (Fsp3) is 0. The Morgan fingerprint density at radius 2 is 1.95 bits per heavy atom. The number of halogens is 4. The Kier molecular flexibility index (Phi) is 3.47. The monoisotopic (exact) mass is 376 g/mol. The van der Waals surface area contributed by atoms with Crippen molar-refractivity contribution in [1.29, 1.82) is 0 Å². The van der Waals surface area contributed by atoms with Gasteiger partial charge < -0.3 is 0 Å². The summed E-state index contributed by atoms with van der Waals surface area (Å²) in [6.07, 6.45) is 0. The summed E-state index contributed by atoms with van der Waals surface area (Å²) in [6, 6.07) is 5.12. The molecule has 7 heteroatoms. The van der Waals surface area contributed by atoms with E-state index in [1.165, 1.54) is 11.3 Å². The summed E-state index contributed by atoms with van der Waals surface area (Å²) >= 11 is 16.4. The molecule has 0 spiro atoms. The molecule has 0 unspecified atom stereocenters. The summed E-state index contributed by atoms with van der Waals surface area (Å²) in [6.45, 7) is 0. The van der Waals surface area contributed by atoms with Crippen LogP contribution >= 0.6 is 50.5 Å². The van der Waals surface area contributed by atoms with Crippen molar-refractivity contribution in [3.05, 3.63) is 44.2 Å². The summed E-state index contributed by atoms with van der Waals surface area (Å²) in [5.74, 6) is -0.529. The van der Waals surface area contributed by atoms with Crippen LogP contribution in [0.1, 0.15) is 0 Å².